The Bertz CT molecular complexity index is 423. The molecule has 68 valence electrons. The Balaban J connectivity index is 2.38. The van der Waals surface area contributed by atoms with E-state index in [2.05, 4.69) is 9.98 Å². The Labute approximate surface area is 76.8 Å². The molecule has 0 aromatic heterocycles. The van der Waals surface area contributed by atoms with Gasteiger partial charge in [0.25, 0.3) is 0 Å². The molecule has 0 bridgehead atoms. The summed E-state index contributed by atoms with van der Waals surface area (Å²) < 4.78 is 5.54. The highest BCUT2D eigenvalue weighted by atomic mass is 16.5. The average Bonchev–Trinajstić information content (AvgIpc) is 2.49. The van der Waals surface area contributed by atoms with Crippen LogP contribution in [0.3, 0.4) is 0 Å². The van der Waals surface area contributed by atoms with Gasteiger partial charge in [0.1, 0.15) is 12.4 Å². The minimum Gasteiger partial charge on any atom is -0.491 e. The normalized spacial score (nSPS) is 13.5. The first-order chi connectivity index (χ1) is 6.25. The number of hydrogen-bond donors (Lipinski definition) is 0. The van der Waals surface area contributed by atoms with Gasteiger partial charge in [0.2, 0.25) is 0 Å². The lowest BCUT2D eigenvalue weighted by atomic mass is 10.3. The standard InChI is InChI=1S/C10H12N2O/c1-7(2)13-8-3-4-9-10(5-8)12-6-11-9/h3-5,7H,6H2,1-2H3. The molecule has 0 unspecified atom stereocenters. The van der Waals surface area contributed by atoms with Crippen LogP contribution in [-0.4, -0.2) is 12.8 Å². The maximum atomic E-state index is 5.54. The highest BCUT2D eigenvalue weighted by molar-refractivity contribution is 5.21. The quantitative estimate of drug-likeness (QED) is 0.652. The summed E-state index contributed by atoms with van der Waals surface area (Å²) in [7, 11) is 0. The first kappa shape index (κ1) is 8.23. The average molecular weight is 176 g/mol. The molecule has 1 aliphatic rings. The van der Waals surface area contributed by atoms with E-state index in [-0.39, 0.29) is 6.10 Å². The summed E-state index contributed by atoms with van der Waals surface area (Å²) in [5, 5.41) is 1.91. The largest absolute Gasteiger partial charge is 0.491 e. The van der Waals surface area contributed by atoms with Gasteiger partial charge < -0.3 is 4.74 Å². The minimum atomic E-state index is 0.205. The van der Waals surface area contributed by atoms with E-state index in [1.165, 1.54) is 0 Å². The smallest absolute Gasteiger partial charge is 0.130 e. The molecule has 0 amide bonds. The number of benzene rings is 1. The van der Waals surface area contributed by atoms with Gasteiger partial charge >= 0.3 is 0 Å². The zero-order valence-electron chi connectivity index (χ0n) is 7.82. The Kier molecular flexibility index (Phi) is 2.00. The van der Waals surface area contributed by atoms with Crippen molar-refractivity contribution in [1.82, 2.24) is 0 Å². The van der Waals surface area contributed by atoms with Crippen LogP contribution in [0.15, 0.2) is 28.2 Å². The lowest BCUT2D eigenvalue weighted by Crippen LogP contribution is -2.21. The van der Waals surface area contributed by atoms with Crippen molar-refractivity contribution in [3.63, 3.8) is 0 Å². The highest BCUT2D eigenvalue weighted by Gasteiger charge is 2.00. The topological polar surface area (TPSA) is 34.0 Å². The van der Waals surface area contributed by atoms with Crippen molar-refractivity contribution in [2.45, 2.75) is 20.0 Å². The number of rotatable bonds is 2. The summed E-state index contributed by atoms with van der Waals surface area (Å²) in [6.07, 6.45) is 0.205. The second-order valence-corrected chi connectivity index (χ2v) is 3.27. The van der Waals surface area contributed by atoms with Crippen molar-refractivity contribution in [2.24, 2.45) is 9.98 Å². The molecule has 0 aliphatic carbocycles. The third kappa shape index (κ3) is 1.69. The van der Waals surface area contributed by atoms with Crippen LogP contribution >= 0.6 is 0 Å². The van der Waals surface area contributed by atoms with Crippen LogP contribution < -0.4 is 15.5 Å². The van der Waals surface area contributed by atoms with Crippen LogP contribution in [0, 0.1) is 0 Å². The molecule has 0 saturated carbocycles. The maximum absolute atomic E-state index is 5.54. The van der Waals surface area contributed by atoms with Crippen molar-refractivity contribution in [2.75, 3.05) is 6.67 Å². The van der Waals surface area contributed by atoms with Gasteiger partial charge in [-0.1, -0.05) is 0 Å². The number of nitrogens with zero attached hydrogens (tertiary/aromatic N) is 2. The van der Waals surface area contributed by atoms with Crippen molar-refractivity contribution >= 4 is 0 Å². The fourth-order valence-electron chi connectivity index (χ4n) is 1.30. The van der Waals surface area contributed by atoms with Gasteiger partial charge in [-0.05, 0) is 26.0 Å². The van der Waals surface area contributed by atoms with E-state index in [0.29, 0.717) is 6.67 Å². The molecule has 1 aliphatic heterocycles. The molecule has 1 aromatic carbocycles. The Morgan fingerprint density at radius 3 is 2.77 bits per heavy atom. The van der Waals surface area contributed by atoms with Gasteiger partial charge in [0.05, 0.1) is 16.8 Å². The third-order valence-corrected chi connectivity index (χ3v) is 1.80. The SMILES string of the molecule is CC(C)Oc1ccc2c(c1)=NCN=2. The Morgan fingerprint density at radius 1 is 1.23 bits per heavy atom. The van der Waals surface area contributed by atoms with Crippen molar-refractivity contribution in [1.29, 1.82) is 0 Å². The van der Waals surface area contributed by atoms with Crippen LogP contribution in [0.2, 0.25) is 0 Å². The zero-order valence-corrected chi connectivity index (χ0v) is 7.82. The van der Waals surface area contributed by atoms with E-state index < -0.39 is 0 Å². The van der Waals surface area contributed by atoms with Gasteiger partial charge in [0.15, 0.2) is 0 Å². The van der Waals surface area contributed by atoms with Crippen molar-refractivity contribution in [3.05, 3.63) is 28.9 Å². The fraction of sp³-hybridized carbons (Fsp3) is 0.400. The van der Waals surface area contributed by atoms with E-state index in [1.807, 2.05) is 32.0 Å². The minimum absolute atomic E-state index is 0.205. The summed E-state index contributed by atoms with van der Waals surface area (Å²) in [5.74, 6) is 0.870. The van der Waals surface area contributed by atoms with E-state index >= 15 is 0 Å². The third-order valence-electron chi connectivity index (χ3n) is 1.80. The predicted octanol–water partition coefficient (Wildman–Crippen LogP) is 0.684. The van der Waals surface area contributed by atoms with Crippen LogP contribution in [0.5, 0.6) is 5.75 Å². The molecule has 0 spiro atoms. The number of hydrogen-bond acceptors (Lipinski definition) is 3. The monoisotopic (exact) mass is 176 g/mol. The van der Waals surface area contributed by atoms with Crippen LogP contribution in [-0.2, 0) is 0 Å². The summed E-state index contributed by atoms with van der Waals surface area (Å²) in [4.78, 5) is 8.42. The summed E-state index contributed by atoms with van der Waals surface area (Å²) in [5.41, 5.74) is 0. The molecule has 0 radical (unpaired) electrons. The molecule has 2 rings (SSSR count). The van der Waals surface area contributed by atoms with Gasteiger partial charge in [-0.3, -0.25) is 9.98 Å². The molecule has 0 atom stereocenters. The number of ether oxygens (including phenoxy) is 1. The first-order valence-electron chi connectivity index (χ1n) is 4.41. The number of fused-ring (bicyclic) bond motifs is 1. The second kappa shape index (κ2) is 3.17. The van der Waals surface area contributed by atoms with Gasteiger partial charge in [-0.25, -0.2) is 0 Å². The molecule has 0 fully saturated rings. The van der Waals surface area contributed by atoms with Crippen LogP contribution in [0.25, 0.3) is 0 Å². The van der Waals surface area contributed by atoms with Gasteiger partial charge in [0, 0.05) is 6.07 Å². The zero-order chi connectivity index (χ0) is 9.26. The highest BCUT2D eigenvalue weighted by Crippen LogP contribution is 2.06. The molecular formula is C10H12N2O. The molecule has 3 heteroatoms. The molecular weight excluding hydrogens is 164 g/mol. The summed E-state index contributed by atoms with van der Waals surface area (Å²) in [6.45, 7) is 4.57. The van der Waals surface area contributed by atoms with Crippen molar-refractivity contribution in [3.8, 4) is 5.75 Å². The maximum Gasteiger partial charge on any atom is 0.130 e. The van der Waals surface area contributed by atoms with Crippen molar-refractivity contribution < 1.29 is 4.74 Å². The molecule has 0 saturated heterocycles. The molecule has 0 N–H and O–H groups in total. The van der Waals surface area contributed by atoms with E-state index in [1.54, 1.807) is 0 Å². The molecule has 13 heavy (non-hydrogen) atoms. The molecule has 1 heterocycles. The van der Waals surface area contributed by atoms with E-state index in [4.69, 9.17) is 4.74 Å². The van der Waals surface area contributed by atoms with E-state index in [0.717, 1.165) is 16.5 Å². The first-order valence-corrected chi connectivity index (χ1v) is 4.41. The van der Waals surface area contributed by atoms with Crippen LogP contribution in [0.4, 0.5) is 0 Å². The van der Waals surface area contributed by atoms with Crippen LogP contribution in [0.1, 0.15) is 13.8 Å². The second-order valence-electron chi connectivity index (χ2n) is 3.27. The summed E-state index contributed by atoms with van der Waals surface area (Å²) in [6, 6.07) is 5.82. The molecule has 1 aromatic rings. The molecule has 3 nitrogen and oxygen atoms in total. The Morgan fingerprint density at radius 2 is 2.00 bits per heavy atom. The summed E-state index contributed by atoms with van der Waals surface area (Å²) >= 11 is 0. The van der Waals surface area contributed by atoms with Gasteiger partial charge in [-0.2, -0.15) is 0 Å². The fourth-order valence-corrected chi connectivity index (χ4v) is 1.30. The van der Waals surface area contributed by atoms with Gasteiger partial charge in [-0.15, -0.1) is 0 Å². The Hall–Kier alpha value is -1.38. The van der Waals surface area contributed by atoms with E-state index in [9.17, 15) is 0 Å². The lowest BCUT2D eigenvalue weighted by molar-refractivity contribution is 0.242. The lowest BCUT2D eigenvalue weighted by Gasteiger charge is -2.08. The predicted molar refractivity (Wildman–Crippen MR) is 49.4 cm³/mol.